The lowest BCUT2D eigenvalue weighted by atomic mass is 10.1. The Morgan fingerprint density at radius 1 is 0.967 bits per heavy atom. The number of anilines is 1. The minimum absolute atomic E-state index is 0.334. The topological polar surface area (TPSA) is 123 Å². The summed E-state index contributed by atoms with van der Waals surface area (Å²) in [6.07, 6.45) is -1.52. The highest BCUT2D eigenvalue weighted by Crippen LogP contribution is 2.30. The van der Waals surface area contributed by atoms with E-state index in [2.05, 4.69) is 5.32 Å². The summed E-state index contributed by atoms with van der Waals surface area (Å²) in [5, 5.41) is 14.4. The molecule has 0 fully saturated rings. The van der Waals surface area contributed by atoms with E-state index in [1.165, 1.54) is 0 Å². The van der Waals surface area contributed by atoms with Gasteiger partial charge in [-0.25, -0.2) is 9.59 Å². The summed E-state index contributed by atoms with van der Waals surface area (Å²) in [5.74, 6) is -0.862. The van der Waals surface area contributed by atoms with Gasteiger partial charge >= 0.3 is 12.0 Å². The van der Waals surface area contributed by atoms with E-state index in [4.69, 9.17) is 14.2 Å². The van der Waals surface area contributed by atoms with Crippen molar-refractivity contribution in [3.63, 3.8) is 0 Å². The van der Waals surface area contributed by atoms with Crippen molar-refractivity contribution in [3.05, 3.63) is 54.1 Å². The number of carbonyl (C=O) groups is 3. The van der Waals surface area contributed by atoms with Crippen LogP contribution in [-0.4, -0.2) is 42.8 Å². The minimum Gasteiger partial charge on any atom is -0.490 e. The number of benzene rings is 2. The maximum atomic E-state index is 12.0. The fraction of sp³-hybridized carbons (Fsp3) is 0.286. The molecule has 9 heteroatoms. The third-order valence-corrected chi connectivity index (χ3v) is 3.74. The second-order valence-electron chi connectivity index (χ2n) is 5.95. The number of aliphatic hydroxyl groups is 1. The Hall–Kier alpha value is -3.59. The van der Waals surface area contributed by atoms with E-state index in [0.29, 0.717) is 36.0 Å². The van der Waals surface area contributed by atoms with Gasteiger partial charge in [0, 0.05) is 11.8 Å². The first-order chi connectivity index (χ1) is 14.4. The Morgan fingerprint density at radius 3 is 2.30 bits per heavy atom. The van der Waals surface area contributed by atoms with E-state index < -0.39 is 30.6 Å². The molecule has 2 rings (SSSR count). The van der Waals surface area contributed by atoms with Crippen molar-refractivity contribution in [2.75, 3.05) is 25.1 Å². The van der Waals surface area contributed by atoms with Gasteiger partial charge in [-0.1, -0.05) is 30.3 Å². The number of amides is 3. The van der Waals surface area contributed by atoms with Crippen LogP contribution in [0.4, 0.5) is 10.5 Å². The highest BCUT2D eigenvalue weighted by atomic mass is 16.6. The number of hydrogen-bond acceptors (Lipinski definition) is 7. The maximum absolute atomic E-state index is 12.0. The summed E-state index contributed by atoms with van der Waals surface area (Å²) in [5.41, 5.74) is 0.713. The van der Waals surface area contributed by atoms with Gasteiger partial charge in [0.25, 0.3) is 5.91 Å². The molecule has 3 amide bonds. The molecule has 0 aliphatic heterocycles. The summed E-state index contributed by atoms with van der Waals surface area (Å²) < 4.78 is 15.7. The van der Waals surface area contributed by atoms with Crippen molar-refractivity contribution in [2.45, 2.75) is 20.0 Å². The largest absolute Gasteiger partial charge is 0.490 e. The summed E-state index contributed by atoms with van der Waals surface area (Å²) in [4.78, 5) is 35.7. The van der Waals surface area contributed by atoms with Gasteiger partial charge in [0.15, 0.2) is 24.2 Å². The Bertz CT molecular complexity index is 871. The molecule has 0 aliphatic carbocycles. The Kier molecular flexibility index (Phi) is 8.64. The van der Waals surface area contributed by atoms with Gasteiger partial charge in [0.05, 0.1) is 13.2 Å². The van der Waals surface area contributed by atoms with E-state index in [1.807, 2.05) is 19.2 Å². The molecule has 9 nitrogen and oxygen atoms in total. The van der Waals surface area contributed by atoms with Gasteiger partial charge in [-0.3, -0.25) is 10.1 Å². The Balaban J connectivity index is 1.85. The van der Waals surface area contributed by atoms with Gasteiger partial charge in [-0.15, -0.1) is 0 Å². The van der Waals surface area contributed by atoms with Crippen LogP contribution in [-0.2, 0) is 14.3 Å². The first kappa shape index (κ1) is 22.7. The van der Waals surface area contributed by atoms with Gasteiger partial charge in [-0.2, -0.15) is 0 Å². The number of esters is 1. The van der Waals surface area contributed by atoms with Crippen LogP contribution in [0.1, 0.15) is 25.5 Å². The smallest absolute Gasteiger partial charge is 0.340 e. The zero-order valence-electron chi connectivity index (χ0n) is 16.7. The van der Waals surface area contributed by atoms with Gasteiger partial charge in [-0.05, 0) is 31.5 Å². The number of nitrogens with one attached hydrogen (secondary N) is 2. The number of carbonyl (C=O) groups excluding carboxylic acids is 3. The number of ether oxygens (including phenoxy) is 3. The van der Waals surface area contributed by atoms with E-state index in [1.54, 1.807) is 48.5 Å². The maximum Gasteiger partial charge on any atom is 0.340 e. The lowest BCUT2D eigenvalue weighted by Gasteiger charge is -2.13. The lowest BCUT2D eigenvalue weighted by molar-refractivity contribution is -0.157. The second kappa shape index (κ2) is 11.4. The van der Waals surface area contributed by atoms with Crippen molar-refractivity contribution in [2.24, 2.45) is 0 Å². The van der Waals surface area contributed by atoms with Crippen LogP contribution in [0.5, 0.6) is 11.5 Å². The molecule has 1 atom stereocenters. The molecule has 30 heavy (non-hydrogen) atoms. The summed E-state index contributed by atoms with van der Waals surface area (Å²) >= 11 is 0. The van der Waals surface area contributed by atoms with E-state index in [-0.39, 0.29) is 0 Å². The van der Waals surface area contributed by atoms with E-state index >= 15 is 0 Å². The molecule has 0 unspecified atom stereocenters. The van der Waals surface area contributed by atoms with Crippen LogP contribution in [0.15, 0.2) is 48.5 Å². The van der Waals surface area contributed by atoms with Crippen LogP contribution in [0.3, 0.4) is 0 Å². The average Bonchev–Trinajstić information content (AvgIpc) is 2.74. The first-order valence-corrected chi connectivity index (χ1v) is 9.34. The zero-order chi connectivity index (χ0) is 21.9. The fourth-order valence-corrected chi connectivity index (χ4v) is 2.44. The van der Waals surface area contributed by atoms with E-state index in [9.17, 15) is 19.5 Å². The number of aliphatic hydroxyl groups excluding tert-OH is 1. The highest BCUT2D eigenvalue weighted by Gasteiger charge is 2.20. The number of imide groups is 1. The van der Waals surface area contributed by atoms with E-state index in [0.717, 1.165) is 0 Å². The van der Waals surface area contributed by atoms with Crippen LogP contribution in [0.25, 0.3) is 0 Å². The SMILES string of the molecule is CCOc1ccc(NC(=O)NC(=O)COC(=O)[C@@H](O)c2ccccc2)cc1OCC. The molecular weight excluding hydrogens is 392 g/mol. The molecule has 0 aliphatic rings. The fourth-order valence-electron chi connectivity index (χ4n) is 2.44. The molecule has 2 aromatic carbocycles. The summed E-state index contributed by atoms with van der Waals surface area (Å²) in [6.45, 7) is 3.81. The molecule has 0 aromatic heterocycles. The highest BCUT2D eigenvalue weighted by molar-refractivity contribution is 6.02. The third-order valence-electron chi connectivity index (χ3n) is 3.74. The van der Waals surface area contributed by atoms with Crippen molar-refractivity contribution in [1.82, 2.24) is 5.32 Å². The standard InChI is InChI=1S/C21H24N2O7/c1-3-28-16-11-10-15(12-17(16)29-4-2)22-21(27)23-18(24)13-30-20(26)19(25)14-8-6-5-7-9-14/h5-12,19,25H,3-4,13H2,1-2H3,(H2,22,23,24,27)/t19-/m0/s1. The quantitative estimate of drug-likeness (QED) is 0.536. The lowest BCUT2D eigenvalue weighted by Crippen LogP contribution is -2.37. The molecule has 0 saturated carbocycles. The minimum atomic E-state index is -1.52. The predicted molar refractivity (Wildman–Crippen MR) is 108 cm³/mol. The first-order valence-electron chi connectivity index (χ1n) is 9.34. The third kappa shape index (κ3) is 6.78. The van der Waals surface area contributed by atoms with Crippen molar-refractivity contribution < 1.29 is 33.7 Å². The molecule has 0 bridgehead atoms. The van der Waals surface area contributed by atoms with Crippen LogP contribution in [0, 0.1) is 0 Å². The van der Waals surface area contributed by atoms with Crippen LogP contribution >= 0.6 is 0 Å². The molecule has 0 saturated heterocycles. The summed E-state index contributed by atoms with van der Waals surface area (Å²) in [6, 6.07) is 12.1. The molecule has 0 spiro atoms. The van der Waals surface area contributed by atoms with Crippen LogP contribution < -0.4 is 20.1 Å². The molecule has 2 aromatic rings. The number of urea groups is 1. The molecule has 3 N–H and O–H groups in total. The normalized spacial score (nSPS) is 11.2. The van der Waals surface area contributed by atoms with Gasteiger partial charge < -0.3 is 24.6 Å². The monoisotopic (exact) mass is 416 g/mol. The van der Waals surface area contributed by atoms with Gasteiger partial charge in [0.1, 0.15) is 0 Å². The Labute approximate surface area is 173 Å². The second-order valence-corrected chi connectivity index (χ2v) is 5.95. The molecular formula is C21H24N2O7. The summed E-state index contributed by atoms with van der Waals surface area (Å²) in [7, 11) is 0. The number of rotatable bonds is 9. The van der Waals surface area contributed by atoms with Crippen molar-refractivity contribution in [3.8, 4) is 11.5 Å². The van der Waals surface area contributed by atoms with Crippen molar-refractivity contribution >= 4 is 23.6 Å². The Morgan fingerprint density at radius 2 is 1.63 bits per heavy atom. The van der Waals surface area contributed by atoms with Crippen molar-refractivity contribution in [1.29, 1.82) is 0 Å². The molecule has 0 heterocycles. The zero-order valence-corrected chi connectivity index (χ0v) is 16.7. The molecule has 160 valence electrons. The molecule has 0 radical (unpaired) electrons. The van der Waals surface area contributed by atoms with Gasteiger partial charge in [0.2, 0.25) is 0 Å². The van der Waals surface area contributed by atoms with Crippen LogP contribution in [0.2, 0.25) is 0 Å². The average molecular weight is 416 g/mol. The number of hydrogen-bond donors (Lipinski definition) is 3. The predicted octanol–water partition coefficient (Wildman–Crippen LogP) is 2.41.